The van der Waals surface area contributed by atoms with Crippen molar-refractivity contribution in [2.24, 2.45) is 0 Å². The molecule has 4 nitrogen and oxygen atoms in total. The third kappa shape index (κ3) is 3.42. The zero-order valence-electron chi connectivity index (χ0n) is 7.29. The Morgan fingerprint density at radius 3 is 2.75 bits per heavy atom. The van der Waals surface area contributed by atoms with E-state index < -0.39 is 6.80 Å². The van der Waals surface area contributed by atoms with Gasteiger partial charge in [0.15, 0.2) is 0 Å². The average molecular weight is 213 g/mol. The monoisotopic (exact) mass is 212 g/mol. The van der Waals surface area contributed by atoms with Gasteiger partial charge in [-0.15, -0.1) is 0 Å². The number of halogens is 1. The molecule has 1 rings (SSSR count). The molecule has 0 aliphatic carbocycles. The summed E-state index contributed by atoms with van der Waals surface area (Å²) in [4.78, 5) is 0. The van der Waals surface area contributed by atoms with Gasteiger partial charge in [0, 0.05) is 6.54 Å². The van der Waals surface area contributed by atoms with E-state index in [0.29, 0.717) is 12.6 Å². The van der Waals surface area contributed by atoms with Gasteiger partial charge < -0.3 is 4.74 Å². The van der Waals surface area contributed by atoms with E-state index in [0.717, 1.165) is 13.0 Å². The van der Waals surface area contributed by atoms with Crippen LogP contribution < -0.4 is 5.09 Å². The first kappa shape index (κ1) is 10.5. The highest BCUT2D eigenvalue weighted by molar-refractivity contribution is 7.85. The van der Waals surface area contributed by atoms with Crippen molar-refractivity contribution in [2.75, 3.05) is 27.2 Å². The Balaban J connectivity index is 2.15. The maximum absolute atomic E-state index is 11.5. The molecule has 2 unspecified atom stereocenters. The highest BCUT2D eigenvalue weighted by Gasteiger charge is 2.25. The van der Waals surface area contributed by atoms with Crippen molar-refractivity contribution in [2.45, 2.75) is 12.5 Å². The molecule has 1 saturated heterocycles. The zero-order chi connectivity index (χ0) is 9.19. The molecule has 0 amide bonds. The fourth-order valence-corrected chi connectivity index (χ4v) is 1.68. The third-order valence-electron chi connectivity index (χ3n) is 1.69. The topological polar surface area (TPSA) is 44.9 Å². The lowest BCUT2D eigenvalue weighted by atomic mass is 10.3. The minimum atomic E-state index is -2.79. The Kier molecular flexibility index (Phi) is 3.56. The van der Waals surface area contributed by atoms with E-state index in [1.807, 2.05) is 0 Å². The molecular weight excluding hydrogens is 199 g/mol. The number of nitrogens with one attached hydrogen (secondary N) is 1. The summed E-state index contributed by atoms with van der Waals surface area (Å²) in [6, 6.07) is 0. The molecule has 1 aliphatic rings. The first-order chi connectivity index (χ1) is 5.52. The van der Waals surface area contributed by atoms with Gasteiger partial charge >= 0.3 is 6.80 Å². The van der Waals surface area contributed by atoms with E-state index in [2.05, 4.69) is 5.09 Å². The molecule has 72 valence electrons. The van der Waals surface area contributed by atoms with E-state index in [1.165, 1.54) is 4.67 Å². The van der Waals surface area contributed by atoms with Crippen LogP contribution in [0.2, 0.25) is 0 Å². The number of hydrogen-bond donors (Lipinski definition) is 1. The van der Waals surface area contributed by atoms with Crippen molar-refractivity contribution in [1.29, 1.82) is 0 Å². The number of nitrogens with zero attached hydrogens (tertiary/aromatic N) is 1. The van der Waals surface area contributed by atoms with Gasteiger partial charge in [0.25, 0.3) is 0 Å². The predicted molar refractivity (Wildman–Crippen MR) is 49.5 cm³/mol. The largest absolute Gasteiger partial charge is 0.373 e. The molecule has 0 bridgehead atoms. The highest BCUT2D eigenvalue weighted by Crippen LogP contribution is 2.48. The van der Waals surface area contributed by atoms with Crippen molar-refractivity contribution in [1.82, 2.24) is 9.76 Å². The van der Waals surface area contributed by atoms with Gasteiger partial charge in [0.2, 0.25) is 0 Å². The van der Waals surface area contributed by atoms with Gasteiger partial charge in [-0.25, -0.2) is 9.76 Å². The van der Waals surface area contributed by atoms with Gasteiger partial charge in [-0.3, -0.25) is 4.57 Å². The molecule has 0 radical (unpaired) electrons. The molecule has 6 heteroatoms. The molecule has 1 heterocycles. The molecule has 12 heavy (non-hydrogen) atoms. The second kappa shape index (κ2) is 4.07. The van der Waals surface area contributed by atoms with Crippen molar-refractivity contribution in [3.8, 4) is 0 Å². The van der Waals surface area contributed by atoms with Gasteiger partial charge in [-0.1, -0.05) is 0 Å². The van der Waals surface area contributed by atoms with Crippen molar-refractivity contribution < 1.29 is 9.30 Å². The summed E-state index contributed by atoms with van der Waals surface area (Å²) in [5, 5.41) is 2.80. The van der Waals surface area contributed by atoms with Crippen molar-refractivity contribution >= 4 is 18.0 Å². The molecule has 1 fully saturated rings. The Bertz CT molecular complexity index is 196. The van der Waals surface area contributed by atoms with E-state index in [1.54, 1.807) is 14.1 Å². The number of rotatable bonds is 5. The summed E-state index contributed by atoms with van der Waals surface area (Å²) >= 11 is 5.70. The molecule has 2 atom stereocenters. The number of hydrogen-bond acceptors (Lipinski definition) is 2. The molecule has 0 aromatic rings. The lowest BCUT2D eigenvalue weighted by molar-refractivity contribution is 0.396. The van der Waals surface area contributed by atoms with E-state index in [-0.39, 0.29) is 0 Å². The van der Waals surface area contributed by atoms with Crippen LogP contribution in [0.4, 0.5) is 0 Å². The van der Waals surface area contributed by atoms with Gasteiger partial charge in [0.1, 0.15) is 0 Å². The average Bonchev–Trinajstić information content (AvgIpc) is 2.70. The molecule has 1 aliphatic heterocycles. The summed E-state index contributed by atoms with van der Waals surface area (Å²) in [5.74, 6) is 0. The third-order valence-corrected chi connectivity index (χ3v) is 4.60. The van der Waals surface area contributed by atoms with Gasteiger partial charge in [-0.05, 0) is 31.8 Å². The number of ether oxygens (including phenoxy) is 1. The van der Waals surface area contributed by atoms with Crippen molar-refractivity contribution in [3.63, 3.8) is 0 Å². The quantitative estimate of drug-likeness (QED) is 0.551. The number of epoxide rings is 1. The molecule has 0 spiro atoms. The van der Waals surface area contributed by atoms with Crippen LogP contribution in [-0.4, -0.2) is 38.0 Å². The summed E-state index contributed by atoms with van der Waals surface area (Å²) < 4.78 is 18.0. The Morgan fingerprint density at radius 1 is 1.75 bits per heavy atom. The fraction of sp³-hybridized carbons (Fsp3) is 1.00. The van der Waals surface area contributed by atoms with Crippen LogP contribution in [0.25, 0.3) is 0 Å². The van der Waals surface area contributed by atoms with Crippen LogP contribution in [0.3, 0.4) is 0 Å². The molecule has 0 aromatic carbocycles. The first-order valence-electron chi connectivity index (χ1n) is 3.86. The Morgan fingerprint density at radius 2 is 2.33 bits per heavy atom. The van der Waals surface area contributed by atoms with Gasteiger partial charge in [-0.2, -0.15) is 0 Å². The zero-order valence-corrected chi connectivity index (χ0v) is 8.94. The highest BCUT2D eigenvalue weighted by atomic mass is 35.7. The minimum absolute atomic E-state index is 0.358. The maximum Gasteiger partial charge on any atom is 0.301 e. The lowest BCUT2D eigenvalue weighted by Gasteiger charge is -2.18. The van der Waals surface area contributed by atoms with E-state index in [4.69, 9.17) is 16.0 Å². The summed E-state index contributed by atoms with van der Waals surface area (Å²) in [6.07, 6.45) is 1.24. The summed E-state index contributed by atoms with van der Waals surface area (Å²) in [6.45, 7) is -1.32. The fourth-order valence-electron chi connectivity index (χ4n) is 0.740. The Labute approximate surface area is 77.5 Å². The molecule has 0 saturated carbocycles. The maximum atomic E-state index is 11.5. The minimum Gasteiger partial charge on any atom is -0.373 e. The first-order valence-corrected chi connectivity index (χ1v) is 6.43. The van der Waals surface area contributed by atoms with Crippen molar-refractivity contribution in [3.05, 3.63) is 0 Å². The summed E-state index contributed by atoms with van der Waals surface area (Å²) in [5.41, 5.74) is 0. The van der Waals surface area contributed by atoms with Crippen LogP contribution in [0.1, 0.15) is 6.42 Å². The van der Waals surface area contributed by atoms with Crippen LogP contribution in [0.15, 0.2) is 0 Å². The van der Waals surface area contributed by atoms with Gasteiger partial charge in [0.05, 0.1) is 12.7 Å². The molecular formula is C6H14ClN2O2P. The second-order valence-electron chi connectivity index (χ2n) is 3.00. The van der Waals surface area contributed by atoms with Crippen LogP contribution in [-0.2, 0) is 9.30 Å². The standard InChI is InChI=1S/C6H14ClN2O2P/c1-9(2)12(7,10)8-4-3-6-5-11-6/h6H,3-5H2,1-2H3,(H,8,10). The van der Waals surface area contributed by atoms with Crippen LogP contribution in [0.5, 0.6) is 0 Å². The second-order valence-corrected chi connectivity index (χ2v) is 6.50. The van der Waals surface area contributed by atoms with E-state index >= 15 is 0 Å². The normalized spacial score (nSPS) is 27.2. The van der Waals surface area contributed by atoms with Crippen LogP contribution >= 0.6 is 18.0 Å². The Hall–Kier alpha value is 0.400. The van der Waals surface area contributed by atoms with Crippen LogP contribution in [0, 0.1) is 0 Å². The predicted octanol–water partition coefficient (Wildman–Crippen LogP) is 1.27. The molecule has 1 N–H and O–H groups in total. The smallest absolute Gasteiger partial charge is 0.301 e. The van der Waals surface area contributed by atoms with E-state index in [9.17, 15) is 4.57 Å². The molecule has 0 aromatic heterocycles. The lowest BCUT2D eigenvalue weighted by Crippen LogP contribution is -2.20. The SMILES string of the molecule is CN(C)P(=O)(Cl)NCCC1CO1. The summed E-state index contributed by atoms with van der Waals surface area (Å²) in [7, 11) is 3.38.